The fourth-order valence-corrected chi connectivity index (χ4v) is 5.15. The molecule has 0 fully saturated rings. The molecule has 8 nitrogen and oxygen atoms in total. The third kappa shape index (κ3) is 5.46. The molecular weight excluding hydrogens is 476 g/mol. The van der Waals surface area contributed by atoms with Crippen molar-refractivity contribution in [3.63, 3.8) is 0 Å². The SMILES string of the molecule is Cc1nc(NC(=O)CCNS(=O)(=O)c2ccc(F)c(F)c2)sc1Cc1ccc2c(c1)OCO2. The Bertz CT molecular complexity index is 1310. The van der Waals surface area contributed by atoms with Crippen LogP contribution in [0.1, 0.15) is 22.6 Å². The van der Waals surface area contributed by atoms with E-state index in [-0.39, 0.29) is 19.8 Å². The molecule has 3 aromatic rings. The molecule has 2 aromatic carbocycles. The quantitative estimate of drug-likeness (QED) is 0.496. The summed E-state index contributed by atoms with van der Waals surface area (Å²) in [6, 6.07) is 7.93. The number of nitrogens with one attached hydrogen (secondary N) is 2. The molecule has 1 aliphatic rings. The summed E-state index contributed by atoms with van der Waals surface area (Å²) in [7, 11) is -4.08. The van der Waals surface area contributed by atoms with Crippen molar-refractivity contribution in [1.82, 2.24) is 9.71 Å². The number of ether oxygens (including phenoxy) is 2. The van der Waals surface area contributed by atoms with Gasteiger partial charge in [0, 0.05) is 24.3 Å². The van der Waals surface area contributed by atoms with Gasteiger partial charge in [0.05, 0.1) is 10.6 Å². The zero-order chi connectivity index (χ0) is 23.6. The number of sulfonamides is 1. The fraction of sp³-hybridized carbons (Fsp3) is 0.238. The lowest BCUT2D eigenvalue weighted by Crippen LogP contribution is -2.28. The van der Waals surface area contributed by atoms with E-state index in [1.807, 2.05) is 25.1 Å². The van der Waals surface area contributed by atoms with E-state index < -0.39 is 32.5 Å². The molecule has 4 rings (SSSR count). The normalized spacial score (nSPS) is 12.7. The Morgan fingerprint density at radius 3 is 2.70 bits per heavy atom. The number of hydrogen-bond donors (Lipinski definition) is 2. The molecule has 2 N–H and O–H groups in total. The Hall–Kier alpha value is -3.09. The minimum atomic E-state index is -4.08. The van der Waals surface area contributed by atoms with Gasteiger partial charge in [-0.1, -0.05) is 6.07 Å². The first-order valence-electron chi connectivity index (χ1n) is 9.81. The van der Waals surface area contributed by atoms with Crippen LogP contribution in [0, 0.1) is 18.6 Å². The number of halogens is 2. The fourth-order valence-electron chi connectivity index (χ4n) is 3.09. The second-order valence-electron chi connectivity index (χ2n) is 7.16. The van der Waals surface area contributed by atoms with Crippen LogP contribution in [0.15, 0.2) is 41.3 Å². The highest BCUT2D eigenvalue weighted by Gasteiger charge is 2.18. The smallest absolute Gasteiger partial charge is 0.240 e. The maximum absolute atomic E-state index is 13.3. The molecule has 0 radical (unpaired) electrons. The van der Waals surface area contributed by atoms with Crippen LogP contribution < -0.4 is 19.5 Å². The van der Waals surface area contributed by atoms with Crippen LogP contribution in [0.3, 0.4) is 0 Å². The maximum atomic E-state index is 13.3. The average molecular weight is 496 g/mol. The van der Waals surface area contributed by atoms with Gasteiger partial charge in [-0.25, -0.2) is 26.9 Å². The van der Waals surface area contributed by atoms with Gasteiger partial charge in [-0.3, -0.25) is 4.79 Å². The number of amides is 1. The Balaban J connectivity index is 1.31. The topological polar surface area (TPSA) is 107 Å². The zero-order valence-corrected chi connectivity index (χ0v) is 19.0. The van der Waals surface area contributed by atoms with Crippen molar-refractivity contribution < 1.29 is 31.5 Å². The molecule has 2 heterocycles. The zero-order valence-electron chi connectivity index (χ0n) is 17.4. The van der Waals surface area contributed by atoms with Crippen LogP contribution in [-0.2, 0) is 21.2 Å². The lowest BCUT2D eigenvalue weighted by molar-refractivity contribution is -0.116. The van der Waals surface area contributed by atoms with Crippen LogP contribution in [0.25, 0.3) is 0 Å². The molecule has 1 amide bonds. The number of aryl methyl sites for hydroxylation is 1. The minimum absolute atomic E-state index is 0.168. The first-order chi connectivity index (χ1) is 15.7. The van der Waals surface area contributed by atoms with Gasteiger partial charge in [0.25, 0.3) is 0 Å². The molecule has 12 heteroatoms. The molecule has 0 spiro atoms. The summed E-state index contributed by atoms with van der Waals surface area (Å²) in [6.07, 6.45) is 0.434. The second-order valence-corrected chi connectivity index (χ2v) is 10.0. The number of rotatable bonds is 8. The van der Waals surface area contributed by atoms with Crippen LogP contribution in [0.2, 0.25) is 0 Å². The maximum Gasteiger partial charge on any atom is 0.240 e. The molecule has 0 aliphatic carbocycles. The Kier molecular flexibility index (Phi) is 6.58. The Morgan fingerprint density at radius 1 is 1.12 bits per heavy atom. The minimum Gasteiger partial charge on any atom is -0.454 e. The highest BCUT2D eigenvalue weighted by Crippen LogP contribution is 2.34. The number of anilines is 1. The highest BCUT2D eigenvalue weighted by molar-refractivity contribution is 7.89. The van der Waals surface area contributed by atoms with E-state index >= 15 is 0 Å². The summed E-state index contributed by atoms with van der Waals surface area (Å²) in [6.45, 7) is 1.82. The molecule has 33 heavy (non-hydrogen) atoms. The predicted molar refractivity (Wildman–Crippen MR) is 117 cm³/mol. The Labute approximate surface area is 192 Å². The lowest BCUT2D eigenvalue weighted by Gasteiger charge is -2.07. The van der Waals surface area contributed by atoms with Crippen molar-refractivity contribution >= 4 is 32.4 Å². The number of carbonyl (C=O) groups excluding carboxylic acids is 1. The first-order valence-corrected chi connectivity index (χ1v) is 12.1. The number of hydrogen-bond acceptors (Lipinski definition) is 7. The largest absolute Gasteiger partial charge is 0.454 e. The molecule has 0 saturated heterocycles. The predicted octanol–water partition coefficient (Wildman–Crippen LogP) is 3.36. The van der Waals surface area contributed by atoms with Gasteiger partial charge >= 0.3 is 0 Å². The van der Waals surface area contributed by atoms with Crippen molar-refractivity contribution in [2.24, 2.45) is 0 Å². The van der Waals surface area contributed by atoms with Gasteiger partial charge in [-0.15, -0.1) is 11.3 Å². The molecule has 0 atom stereocenters. The van der Waals surface area contributed by atoms with Gasteiger partial charge in [0.2, 0.25) is 22.7 Å². The third-order valence-corrected chi connectivity index (χ3v) is 7.32. The van der Waals surface area contributed by atoms with Crippen molar-refractivity contribution in [2.75, 3.05) is 18.7 Å². The van der Waals surface area contributed by atoms with Crippen LogP contribution in [0.5, 0.6) is 11.5 Å². The second kappa shape index (κ2) is 9.41. The number of thiazole rings is 1. The number of benzene rings is 2. The van der Waals surface area contributed by atoms with Gasteiger partial charge in [0.15, 0.2) is 28.3 Å². The van der Waals surface area contributed by atoms with Crippen molar-refractivity contribution in [3.8, 4) is 11.5 Å². The molecule has 0 unspecified atom stereocenters. The van der Waals surface area contributed by atoms with E-state index in [1.165, 1.54) is 11.3 Å². The molecule has 0 bridgehead atoms. The van der Waals surface area contributed by atoms with Crippen LogP contribution in [0.4, 0.5) is 13.9 Å². The van der Waals surface area contributed by atoms with Crippen molar-refractivity contribution in [3.05, 3.63) is 64.2 Å². The number of fused-ring (bicyclic) bond motifs is 1. The monoisotopic (exact) mass is 495 g/mol. The number of nitrogens with zero attached hydrogens (tertiary/aromatic N) is 1. The van der Waals surface area contributed by atoms with E-state index in [4.69, 9.17) is 9.47 Å². The molecule has 1 aliphatic heterocycles. The van der Waals surface area contributed by atoms with E-state index in [0.29, 0.717) is 29.1 Å². The number of carbonyl (C=O) groups is 1. The van der Waals surface area contributed by atoms with E-state index in [9.17, 15) is 22.0 Å². The van der Waals surface area contributed by atoms with Gasteiger partial charge < -0.3 is 14.8 Å². The van der Waals surface area contributed by atoms with Gasteiger partial charge in [-0.05, 0) is 42.8 Å². The summed E-state index contributed by atoms with van der Waals surface area (Å²) in [4.78, 5) is 17.1. The molecule has 1 aromatic heterocycles. The van der Waals surface area contributed by atoms with Gasteiger partial charge in [0.1, 0.15) is 0 Å². The summed E-state index contributed by atoms with van der Waals surface area (Å²) in [5.74, 6) is -1.47. The van der Waals surface area contributed by atoms with E-state index in [2.05, 4.69) is 15.0 Å². The number of aromatic nitrogens is 1. The molecule has 174 valence electrons. The van der Waals surface area contributed by atoms with Crippen molar-refractivity contribution in [2.45, 2.75) is 24.7 Å². The average Bonchev–Trinajstić information content (AvgIpc) is 3.35. The first kappa shape index (κ1) is 23.1. The van der Waals surface area contributed by atoms with Crippen molar-refractivity contribution in [1.29, 1.82) is 0 Å². The van der Waals surface area contributed by atoms with Gasteiger partial charge in [-0.2, -0.15) is 0 Å². The Morgan fingerprint density at radius 2 is 1.91 bits per heavy atom. The summed E-state index contributed by atoms with van der Waals surface area (Å²) in [5, 5.41) is 3.05. The summed E-state index contributed by atoms with van der Waals surface area (Å²) >= 11 is 1.32. The standard InChI is InChI=1S/C21H19F2N3O5S2/c1-12-19(9-13-2-5-17-18(8-13)31-11-30-17)32-21(25-12)26-20(27)6-7-24-33(28,29)14-3-4-15(22)16(23)10-14/h2-5,8,10,24H,6-7,9,11H2,1H3,(H,25,26,27). The molecular formula is C21H19F2N3O5S2. The van der Waals surface area contributed by atoms with E-state index in [0.717, 1.165) is 28.3 Å². The third-order valence-electron chi connectivity index (χ3n) is 4.79. The lowest BCUT2D eigenvalue weighted by atomic mass is 10.1. The highest BCUT2D eigenvalue weighted by atomic mass is 32.2. The molecule has 0 saturated carbocycles. The summed E-state index contributed by atoms with van der Waals surface area (Å²) < 4.78 is 63.5. The van der Waals surface area contributed by atoms with E-state index in [1.54, 1.807) is 0 Å². The van der Waals surface area contributed by atoms with Crippen LogP contribution >= 0.6 is 11.3 Å². The summed E-state index contributed by atoms with van der Waals surface area (Å²) in [5.41, 5.74) is 1.78. The van der Waals surface area contributed by atoms with Crippen LogP contribution in [-0.4, -0.2) is 32.6 Å².